The zero-order valence-electron chi connectivity index (χ0n) is 16.1. The Balaban J connectivity index is 2.36. The summed E-state index contributed by atoms with van der Waals surface area (Å²) in [5, 5.41) is 18.3. The zero-order valence-corrected chi connectivity index (χ0v) is 17.9. The minimum absolute atomic E-state index is 0.0128. The van der Waals surface area contributed by atoms with Crippen LogP contribution in [0.2, 0.25) is 25.7 Å². The van der Waals surface area contributed by atoms with Crippen LogP contribution in [0, 0.1) is 10.1 Å². The second-order valence-corrected chi connectivity index (χ2v) is 13.8. The number of rotatable bonds is 10. The standard InChI is InChI=1S/C17H23F2N3O4SSi/c1-27-11-5-6-14(26-17(18)19)12(9-11)15-16(22(23)24)13(20-21-15)10-25-7-8-28(2,3)4/h5-6,9,17H,7-8,10H2,1-4H3,(H,20,21). The number of hydrogen-bond acceptors (Lipinski definition) is 6. The monoisotopic (exact) mass is 431 g/mol. The van der Waals surface area contributed by atoms with Crippen LogP contribution < -0.4 is 4.74 Å². The highest BCUT2D eigenvalue weighted by atomic mass is 32.2. The van der Waals surface area contributed by atoms with Gasteiger partial charge in [-0.2, -0.15) is 13.9 Å². The van der Waals surface area contributed by atoms with Crippen LogP contribution in [0.15, 0.2) is 23.1 Å². The third-order valence-electron chi connectivity index (χ3n) is 3.90. The Labute approximate surface area is 167 Å². The smallest absolute Gasteiger partial charge is 0.387 e. The van der Waals surface area contributed by atoms with E-state index in [-0.39, 0.29) is 35.0 Å². The maximum Gasteiger partial charge on any atom is 0.387 e. The van der Waals surface area contributed by atoms with Crippen molar-refractivity contribution >= 4 is 25.5 Å². The molecule has 0 fully saturated rings. The Morgan fingerprint density at radius 3 is 2.64 bits per heavy atom. The van der Waals surface area contributed by atoms with Crippen molar-refractivity contribution in [1.82, 2.24) is 10.2 Å². The highest BCUT2D eigenvalue weighted by Crippen LogP contribution is 2.39. The van der Waals surface area contributed by atoms with Gasteiger partial charge < -0.3 is 9.47 Å². The molecule has 28 heavy (non-hydrogen) atoms. The lowest BCUT2D eigenvalue weighted by Gasteiger charge is -2.14. The van der Waals surface area contributed by atoms with Gasteiger partial charge in [-0.05, 0) is 30.5 Å². The van der Waals surface area contributed by atoms with Crippen LogP contribution in [-0.2, 0) is 11.3 Å². The van der Waals surface area contributed by atoms with Gasteiger partial charge in [-0.25, -0.2) is 0 Å². The molecule has 1 N–H and O–H groups in total. The van der Waals surface area contributed by atoms with Crippen molar-refractivity contribution in [3.05, 3.63) is 34.0 Å². The van der Waals surface area contributed by atoms with Gasteiger partial charge in [0.25, 0.3) is 0 Å². The highest BCUT2D eigenvalue weighted by molar-refractivity contribution is 7.98. The molecule has 0 aliphatic carbocycles. The second-order valence-electron chi connectivity index (χ2n) is 7.26. The first-order valence-electron chi connectivity index (χ1n) is 8.55. The number of H-pyrrole nitrogens is 1. The second kappa shape index (κ2) is 9.48. The number of nitrogens with one attached hydrogen (secondary N) is 1. The lowest BCUT2D eigenvalue weighted by molar-refractivity contribution is -0.385. The summed E-state index contributed by atoms with van der Waals surface area (Å²) < 4.78 is 35.6. The summed E-state index contributed by atoms with van der Waals surface area (Å²) in [5.74, 6) is -0.173. The molecule has 0 atom stereocenters. The fourth-order valence-corrected chi connectivity index (χ4v) is 3.63. The molecule has 0 bridgehead atoms. The fraction of sp³-hybridized carbons (Fsp3) is 0.471. The maximum atomic E-state index is 12.8. The summed E-state index contributed by atoms with van der Waals surface area (Å²) in [6.45, 7) is 4.04. The molecule has 2 aromatic rings. The van der Waals surface area contributed by atoms with E-state index in [0.29, 0.717) is 6.61 Å². The van der Waals surface area contributed by atoms with Crippen LogP contribution in [0.4, 0.5) is 14.5 Å². The largest absolute Gasteiger partial charge is 0.434 e. The summed E-state index contributed by atoms with van der Waals surface area (Å²) >= 11 is 1.37. The zero-order chi connectivity index (χ0) is 20.9. The van der Waals surface area contributed by atoms with Crippen LogP contribution in [0.25, 0.3) is 11.3 Å². The van der Waals surface area contributed by atoms with Crippen LogP contribution in [0.5, 0.6) is 5.75 Å². The highest BCUT2D eigenvalue weighted by Gasteiger charge is 2.28. The molecule has 1 heterocycles. The lowest BCUT2D eigenvalue weighted by atomic mass is 10.1. The molecule has 11 heteroatoms. The topological polar surface area (TPSA) is 90.3 Å². The third kappa shape index (κ3) is 6.01. The predicted octanol–water partition coefficient (Wildman–Crippen LogP) is 5.16. The molecular weight excluding hydrogens is 408 g/mol. The van der Waals surface area contributed by atoms with Gasteiger partial charge in [0.05, 0.1) is 17.1 Å². The predicted molar refractivity (Wildman–Crippen MR) is 107 cm³/mol. The number of ether oxygens (including phenoxy) is 2. The first-order chi connectivity index (χ1) is 13.1. The Hall–Kier alpha value is -1.98. The van der Waals surface area contributed by atoms with Gasteiger partial charge >= 0.3 is 12.3 Å². The molecule has 0 radical (unpaired) electrons. The van der Waals surface area contributed by atoms with E-state index >= 15 is 0 Å². The van der Waals surface area contributed by atoms with E-state index in [1.165, 1.54) is 17.8 Å². The van der Waals surface area contributed by atoms with Gasteiger partial charge in [-0.1, -0.05) is 19.6 Å². The number of nitrogens with zero attached hydrogens (tertiary/aromatic N) is 2. The van der Waals surface area contributed by atoms with Gasteiger partial charge in [0.15, 0.2) is 5.69 Å². The molecule has 0 amide bonds. The van der Waals surface area contributed by atoms with E-state index in [4.69, 9.17) is 4.74 Å². The number of benzene rings is 1. The van der Waals surface area contributed by atoms with E-state index < -0.39 is 19.6 Å². The maximum absolute atomic E-state index is 12.8. The molecule has 0 saturated carbocycles. The van der Waals surface area contributed by atoms with Crippen molar-refractivity contribution in [2.75, 3.05) is 12.9 Å². The van der Waals surface area contributed by atoms with Crippen molar-refractivity contribution in [2.24, 2.45) is 0 Å². The molecule has 1 aromatic carbocycles. The van der Waals surface area contributed by atoms with Crippen molar-refractivity contribution < 1.29 is 23.2 Å². The van der Waals surface area contributed by atoms with Crippen molar-refractivity contribution in [1.29, 1.82) is 0 Å². The van der Waals surface area contributed by atoms with Gasteiger partial charge in [-0.15, -0.1) is 11.8 Å². The Morgan fingerprint density at radius 1 is 1.36 bits per heavy atom. The molecule has 2 rings (SSSR count). The van der Waals surface area contributed by atoms with Crippen LogP contribution >= 0.6 is 11.8 Å². The number of hydrogen-bond donors (Lipinski definition) is 1. The van der Waals surface area contributed by atoms with Gasteiger partial charge in [0, 0.05) is 19.6 Å². The van der Waals surface area contributed by atoms with Crippen molar-refractivity contribution in [2.45, 2.75) is 43.8 Å². The van der Waals surface area contributed by atoms with Crippen LogP contribution in [0.3, 0.4) is 0 Å². The number of nitro groups is 1. The van der Waals surface area contributed by atoms with E-state index in [1.54, 1.807) is 12.1 Å². The van der Waals surface area contributed by atoms with Crippen LogP contribution in [0.1, 0.15) is 5.69 Å². The van der Waals surface area contributed by atoms with Crippen LogP contribution in [-0.4, -0.2) is 42.7 Å². The average Bonchev–Trinajstić information content (AvgIpc) is 3.01. The molecule has 0 saturated heterocycles. The lowest BCUT2D eigenvalue weighted by Crippen LogP contribution is -2.21. The third-order valence-corrected chi connectivity index (χ3v) is 6.33. The number of aromatic amines is 1. The quantitative estimate of drug-likeness (QED) is 0.184. The first-order valence-corrected chi connectivity index (χ1v) is 13.5. The van der Waals surface area contributed by atoms with Crippen molar-refractivity contribution in [3.63, 3.8) is 0 Å². The normalized spacial score (nSPS) is 11.8. The molecule has 7 nitrogen and oxygen atoms in total. The SMILES string of the molecule is CSc1ccc(OC(F)F)c(-c2n[nH]c(COCC[Si](C)(C)C)c2[N+](=O)[O-])c1. The fourth-order valence-electron chi connectivity index (χ4n) is 2.43. The molecule has 1 aromatic heterocycles. The van der Waals surface area contributed by atoms with E-state index in [1.807, 2.05) is 6.26 Å². The summed E-state index contributed by atoms with van der Waals surface area (Å²) in [6.07, 6.45) is 1.81. The van der Waals surface area contributed by atoms with Crippen molar-refractivity contribution in [3.8, 4) is 17.0 Å². The summed E-state index contributed by atoms with van der Waals surface area (Å²) in [5.41, 5.74) is -0.0395. The Kier molecular flexibility index (Phi) is 7.55. The molecule has 0 aliphatic rings. The van der Waals surface area contributed by atoms with E-state index in [0.717, 1.165) is 10.9 Å². The molecular formula is C17H23F2N3O4SSi. The van der Waals surface area contributed by atoms with E-state index in [2.05, 4.69) is 34.6 Å². The molecule has 0 unspecified atom stereocenters. The summed E-state index contributed by atoms with van der Waals surface area (Å²) in [4.78, 5) is 11.8. The Morgan fingerprint density at radius 2 is 2.07 bits per heavy atom. The minimum Gasteiger partial charge on any atom is -0.434 e. The molecule has 0 spiro atoms. The average molecular weight is 432 g/mol. The number of aromatic nitrogens is 2. The van der Waals surface area contributed by atoms with Gasteiger partial charge in [0.2, 0.25) is 0 Å². The van der Waals surface area contributed by atoms with E-state index in [9.17, 15) is 18.9 Å². The van der Waals surface area contributed by atoms with Gasteiger partial charge in [0.1, 0.15) is 11.4 Å². The Bertz CT molecular complexity index is 827. The number of alkyl halides is 2. The molecule has 0 aliphatic heterocycles. The summed E-state index contributed by atoms with van der Waals surface area (Å²) in [6, 6.07) is 5.42. The summed E-state index contributed by atoms with van der Waals surface area (Å²) in [7, 11) is -1.29. The number of halogens is 2. The van der Waals surface area contributed by atoms with Gasteiger partial charge in [-0.3, -0.25) is 15.2 Å². The minimum atomic E-state index is -3.05. The molecule has 154 valence electrons. The first kappa shape index (κ1) is 22.3. The number of thioether (sulfide) groups is 1.